The van der Waals surface area contributed by atoms with Crippen molar-refractivity contribution in [1.82, 2.24) is 0 Å². The highest BCUT2D eigenvalue weighted by atomic mass is 19.4. The summed E-state index contributed by atoms with van der Waals surface area (Å²) in [5.74, 6) is -1.27. The van der Waals surface area contributed by atoms with Crippen LogP contribution >= 0.6 is 0 Å². The number of rotatable bonds is 0. The smallest absolute Gasteiger partial charge is 0.289 e. The molecule has 1 unspecified atom stereocenters. The van der Waals surface area contributed by atoms with E-state index in [4.69, 9.17) is 0 Å². The highest BCUT2D eigenvalue weighted by Crippen LogP contribution is 2.26. The van der Waals surface area contributed by atoms with Gasteiger partial charge in [-0.05, 0) is 0 Å². The summed E-state index contributed by atoms with van der Waals surface area (Å²) >= 11 is 0. The normalized spacial score (nSPS) is 24.2. The molecule has 66 valence electrons. The second-order valence-corrected chi connectivity index (χ2v) is 2.11. The zero-order valence-electron chi connectivity index (χ0n) is 5.60. The first-order valence-corrected chi connectivity index (χ1v) is 2.91. The third-order valence-electron chi connectivity index (χ3n) is 1.20. The molecule has 1 rings (SSSR count). The molecule has 0 saturated carbocycles. The van der Waals surface area contributed by atoms with Crippen molar-refractivity contribution < 1.29 is 22.4 Å². The SMILES string of the molecule is O=C1C=C(C(F)(F)F)C=NC1F. The third-order valence-corrected chi connectivity index (χ3v) is 1.20. The first-order chi connectivity index (χ1) is 5.41. The molecule has 0 aromatic carbocycles. The van der Waals surface area contributed by atoms with E-state index >= 15 is 0 Å². The van der Waals surface area contributed by atoms with E-state index in [0.717, 1.165) is 0 Å². The average Bonchev–Trinajstić information content (AvgIpc) is 1.92. The first kappa shape index (κ1) is 8.89. The molecule has 0 amide bonds. The predicted molar refractivity (Wildman–Crippen MR) is 32.5 cm³/mol. The van der Waals surface area contributed by atoms with E-state index in [1.54, 1.807) is 0 Å². The Bertz CT molecular complexity index is 265. The molecule has 0 bridgehead atoms. The summed E-state index contributed by atoms with van der Waals surface area (Å²) < 4.78 is 47.6. The topological polar surface area (TPSA) is 29.4 Å². The van der Waals surface area contributed by atoms with Crippen molar-refractivity contribution >= 4 is 12.0 Å². The van der Waals surface area contributed by atoms with E-state index in [-0.39, 0.29) is 6.08 Å². The lowest BCUT2D eigenvalue weighted by Crippen LogP contribution is -2.22. The van der Waals surface area contributed by atoms with Crippen LogP contribution in [0.2, 0.25) is 0 Å². The molecule has 0 fully saturated rings. The number of halogens is 4. The molecule has 1 atom stereocenters. The lowest BCUT2D eigenvalue weighted by Gasteiger charge is -2.10. The quantitative estimate of drug-likeness (QED) is 0.410. The van der Waals surface area contributed by atoms with Crippen molar-refractivity contribution in [2.75, 3.05) is 0 Å². The molecule has 6 heteroatoms. The minimum absolute atomic E-state index is 0.206. The summed E-state index contributed by atoms with van der Waals surface area (Å²) in [6.45, 7) is 0. The van der Waals surface area contributed by atoms with Gasteiger partial charge in [0.05, 0.1) is 5.57 Å². The molecule has 0 radical (unpaired) electrons. The van der Waals surface area contributed by atoms with E-state index in [1.807, 2.05) is 0 Å². The van der Waals surface area contributed by atoms with Gasteiger partial charge in [0.1, 0.15) is 0 Å². The number of dihydropyridines is 1. The van der Waals surface area contributed by atoms with Gasteiger partial charge in [-0.1, -0.05) is 0 Å². The van der Waals surface area contributed by atoms with Crippen molar-refractivity contribution in [3.63, 3.8) is 0 Å². The number of ketones is 1. The molecule has 0 aliphatic carbocycles. The van der Waals surface area contributed by atoms with Gasteiger partial charge in [0, 0.05) is 12.3 Å². The number of hydrogen-bond donors (Lipinski definition) is 0. The fraction of sp³-hybridized carbons (Fsp3) is 0.333. The van der Waals surface area contributed by atoms with Crippen LogP contribution in [0.25, 0.3) is 0 Å². The summed E-state index contributed by atoms with van der Waals surface area (Å²) in [4.78, 5) is 13.1. The van der Waals surface area contributed by atoms with Crippen LogP contribution in [0.3, 0.4) is 0 Å². The number of aliphatic imine (C=N–C) groups is 1. The zero-order chi connectivity index (χ0) is 9.35. The molecular formula is C6H3F4NO. The Morgan fingerprint density at radius 1 is 1.42 bits per heavy atom. The Morgan fingerprint density at radius 3 is 2.42 bits per heavy atom. The monoisotopic (exact) mass is 181 g/mol. The van der Waals surface area contributed by atoms with Gasteiger partial charge in [-0.2, -0.15) is 13.2 Å². The fourth-order valence-corrected chi connectivity index (χ4v) is 0.634. The Labute approximate surface area is 64.6 Å². The standard InChI is InChI=1S/C6H3F4NO/c7-5-4(12)1-3(2-11-5)6(8,9)10/h1-2,5H. The minimum atomic E-state index is -4.64. The third kappa shape index (κ3) is 1.69. The maximum Gasteiger partial charge on any atom is 0.418 e. The Kier molecular flexibility index (Phi) is 1.99. The molecule has 12 heavy (non-hydrogen) atoms. The van der Waals surface area contributed by atoms with Crippen LogP contribution in [-0.2, 0) is 4.79 Å². The van der Waals surface area contributed by atoms with Crippen LogP contribution in [0.1, 0.15) is 0 Å². The van der Waals surface area contributed by atoms with Crippen molar-refractivity contribution in [2.24, 2.45) is 4.99 Å². The number of allylic oxidation sites excluding steroid dienone is 1. The number of hydrogen-bond acceptors (Lipinski definition) is 2. The Morgan fingerprint density at radius 2 is 2.00 bits per heavy atom. The van der Waals surface area contributed by atoms with Crippen molar-refractivity contribution in [3.05, 3.63) is 11.6 Å². The number of nitrogens with zero attached hydrogens (tertiary/aromatic N) is 1. The minimum Gasteiger partial charge on any atom is -0.289 e. The van der Waals surface area contributed by atoms with Crippen molar-refractivity contribution in [2.45, 2.75) is 12.5 Å². The molecule has 2 nitrogen and oxygen atoms in total. The van der Waals surface area contributed by atoms with Crippen LogP contribution in [-0.4, -0.2) is 24.5 Å². The van der Waals surface area contributed by atoms with Gasteiger partial charge >= 0.3 is 6.18 Å². The van der Waals surface area contributed by atoms with Gasteiger partial charge < -0.3 is 0 Å². The summed E-state index contributed by atoms with van der Waals surface area (Å²) in [6, 6.07) is 0. The van der Waals surface area contributed by atoms with E-state index in [2.05, 4.69) is 4.99 Å². The zero-order valence-corrected chi connectivity index (χ0v) is 5.60. The highest BCUT2D eigenvalue weighted by molar-refractivity contribution is 6.02. The average molecular weight is 181 g/mol. The van der Waals surface area contributed by atoms with E-state index in [9.17, 15) is 22.4 Å². The second-order valence-electron chi connectivity index (χ2n) is 2.11. The molecule has 0 N–H and O–H groups in total. The van der Waals surface area contributed by atoms with Gasteiger partial charge in [-0.25, -0.2) is 9.38 Å². The number of carbonyl (C=O) groups is 1. The second kappa shape index (κ2) is 2.69. The molecule has 1 aliphatic rings. The van der Waals surface area contributed by atoms with Crippen LogP contribution in [0.5, 0.6) is 0 Å². The maximum atomic E-state index is 12.2. The molecule has 0 spiro atoms. The first-order valence-electron chi connectivity index (χ1n) is 2.91. The molecule has 0 aromatic heterocycles. The summed E-state index contributed by atoms with van der Waals surface area (Å²) in [7, 11) is 0. The van der Waals surface area contributed by atoms with E-state index in [0.29, 0.717) is 6.21 Å². The van der Waals surface area contributed by atoms with Gasteiger partial charge in [0.15, 0.2) is 0 Å². The predicted octanol–water partition coefficient (Wildman–Crippen LogP) is 1.42. The maximum absolute atomic E-state index is 12.2. The lowest BCUT2D eigenvalue weighted by atomic mass is 10.1. The summed E-state index contributed by atoms with van der Waals surface area (Å²) in [5, 5.41) is 0. The molecule has 0 aromatic rings. The molecular weight excluding hydrogens is 178 g/mol. The van der Waals surface area contributed by atoms with Gasteiger partial charge in [-0.3, -0.25) is 4.79 Å². The van der Waals surface area contributed by atoms with Gasteiger partial charge in [-0.15, -0.1) is 0 Å². The van der Waals surface area contributed by atoms with Gasteiger partial charge in [0.25, 0.3) is 6.30 Å². The van der Waals surface area contributed by atoms with Crippen LogP contribution in [0.4, 0.5) is 17.6 Å². The molecule has 1 aliphatic heterocycles. The van der Waals surface area contributed by atoms with Crippen LogP contribution in [0, 0.1) is 0 Å². The highest BCUT2D eigenvalue weighted by Gasteiger charge is 2.35. The fourth-order valence-electron chi connectivity index (χ4n) is 0.634. The van der Waals surface area contributed by atoms with Crippen molar-refractivity contribution in [3.8, 4) is 0 Å². The van der Waals surface area contributed by atoms with E-state index < -0.39 is 23.8 Å². The van der Waals surface area contributed by atoms with Crippen LogP contribution < -0.4 is 0 Å². The summed E-state index contributed by atoms with van der Waals surface area (Å²) in [6.07, 6.45) is -6.31. The Hall–Kier alpha value is -1.20. The summed E-state index contributed by atoms with van der Waals surface area (Å²) in [5.41, 5.74) is -1.22. The van der Waals surface area contributed by atoms with Crippen molar-refractivity contribution in [1.29, 1.82) is 0 Å². The van der Waals surface area contributed by atoms with Crippen LogP contribution in [0.15, 0.2) is 16.6 Å². The molecule has 0 saturated heterocycles. The Balaban J connectivity index is 2.91. The molecule has 1 heterocycles. The van der Waals surface area contributed by atoms with Gasteiger partial charge in [0.2, 0.25) is 5.78 Å². The number of carbonyl (C=O) groups excluding carboxylic acids is 1. The van der Waals surface area contributed by atoms with E-state index in [1.165, 1.54) is 0 Å². The largest absolute Gasteiger partial charge is 0.418 e. The lowest BCUT2D eigenvalue weighted by molar-refractivity contribution is -0.120. The number of alkyl halides is 4.